The molecule has 33 heavy (non-hydrogen) atoms. The fraction of sp³-hybridized carbons (Fsp3) is 0.269. The van der Waals surface area contributed by atoms with Crippen molar-refractivity contribution in [3.63, 3.8) is 0 Å². The van der Waals surface area contributed by atoms with Crippen LogP contribution in [0, 0.1) is 6.92 Å². The van der Waals surface area contributed by atoms with E-state index in [0.29, 0.717) is 16.3 Å². The van der Waals surface area contributed by atoms with Gasteiger partial charge in [-0.05, 0) is 79.6 Å². The summed E-state index contributed by atoms with van der Waals surface area (Å²) in [4.78, 5) is 13.2. The number of benzene rings is 3. The highest BCUT2D eigenvalue weighted by atomic mass is 35.5. The maximum Gasteiger partial charge on any atom is 0.264 e. The van der Waals surface area contributed by atoms with Crippen molar-refractivity contribution < 1.29 is 13.2 Å². The van der Waals surface area contributed by atoms with E-state index < -0.39 is 10.0 Å². The molecule has 0 heterocycles. The molecule has 4 rings (SSSR count). The van der Waals surface area contributed by atoms with Crippen molar-refractivity contribution in [2.24, 2.45) is 0 Å². The van der Waals surface area contributed by atoms with Gasteiger partial charge in [0, 0.05) is 5.02 Å². The average Bonchev–Trinajstić information content (AvgIpc) is 3.27. The molecule has 172 valence electrons. The molecule has 5 nitrogen and oxygen atoms in total. The number of carbonyl (C=O) groups is 1. The number of rotatable bonds is 7. The fourth-order valence-corrected chi connectivity index (χ4v) is 5.90. The SMILES string of the molecule is Cc1ccc(Cl)cc1N(CC(=O)NC(C)c1ccc2c(c1)CCC2)S(=O)(=O)c1ccccc1. The molecule has 1 amide bonds. The zero-order valence-corrected chi connectivity index (χ0v) is 20.3. The molecular formula is C26H27ClN2O3S. The van der Waals surface area contributed by atoms with Gasteiger partial charge in [-0.3, -0.25) is 9.10 Å². The van der Waals surface area contributed by atoms with E-state index in [1.54, 1.807) is 43.3 Å². The van der Waals surface area contributed by atoms with E-state index in [9.17, 15) is 13.2 Å². The van der Waals surface area contributed by atoms with E-state index in [0.717, 1.165) is 29.1 Å². The van der Waals surface area contributed by atoms with Gasteiger partial charge in [0.2, 0.25) is 5.91 Å². The van der Waals surface area contributed by atoms with E-state index in [1.165, 1.54) is 23.3 Å². The molecule has 1 aliphatic carbocycles. The zero-order valence-electron chi connectivity index (χ0n) is 18.7. The van der Waals surface area contributed by atoms with Gasteiger partial charge in [-0.2, -0.15) is 0 Å². The van der Waals surface area contributed by atoms with E-state index in [2.05, 4.69) is 17.4 Å². The van der Waals surface area contributed by atoms with E-state index in [-0.39, 0.29) is 23.4 Å². The first kappa shape index (κ1) is 23.3. The van der Waals surface area contributed by atoms with Crippen LogP contribution >= 0.6 is 11.6 Å². The van der Waals surface area contributed by atoms with Gasteiger partial charge in [0.1, 0.15) is 6.54 Å². The Morgan fingerprint density at radius 2 is 1.76 bits per heavy atom. The van der Waals surface area contributed by atoms with Crippen LogP contribution in [0.25, 0.3) is 0 Å². The number of nitrogens with zero attached hydrogens (tertiary/aromatic N) is 1. The molecule has 1 unspecified atom stereocenters. The van der Waals surface area contributed by atoms with Crippen LogP contribution in [-0.4, -0.2) is 20.9 Å². The van der Waals surface area contributed by atoms with Crippen molar-refractivity contribution in [1.82, 2.24) is 5.32 Å². The molecular weight excluding hydrogens is 456 g/mol. The van der Waals surface area contributed by atoms with Gasteiger partial charge in [0.25, 0.3) is 10.0 Å². The normalized spacial score (nSPS) is 13.9. The van der Waals surface area contributed by atoms with Gasteiger partial charge in [0.15, 0.2) is 0 Å². The summed E-state index contributed by atoms with van der Waals surface area (Å²) in [5.41, 5.74) is 4.80. The summed E-state index contributed by atoms with van der Waals surface area (Å²) in [5, 5.41) is 3.37. The molecule has 1 aliphatic rings. The molecule has 0 aromatic heterocycles. The van der Waals surface area contributed by atoms with Crippen LogP contribution in [0.2, 0.25) is 5.02 Å². The summed E-state index contributed by atoms with van der Waals surface area (Å²) in [5.74, 6) is -0.387. The number of aryl methyl sites for hydroxylation is 3. The van der Waals surface area contributed by atoms with Crippen LogP contribution < -0.4 is 9.62 Å². The van der Waals surface area contributed by atoms with Crippen LogP contribution in [0.4, 0.5) is 5.69 Å². The quantitative estimate of drug-likeness (QED) is 0.502. The Bertz CT molecular complexity index is 1280. The van der Waals surface area contributed by atoms with E-state index in [4.69, 9.17) is 11.6 Å². The minimum absolute atomic E-state index is 0.115. The number of carbonyl (C=O) groups excluding carboxylic acids is 1. The Labute approximate surface area is 200 Å². The van der Waals surface area contributed by atoms with Crippen molar-refractivity contribution in [2.45, 2.75) is 44.0 Å². The number of fused-ring (bicyclic) bond motifs is 1. The van der Waals surface area contributed by atoms with Gasteiger partial charge >= 0.3 is 0 Å². The van der Waals surface area contributed by atoms with Crippen LogP contribution in [0.3, 0.4) is 0 Å². The molecule has 7 heteroatoms. The molecule has 3 aromatic carbocycles. The van der Waals surface area contributed by atoms with Gasteiger partial charge in [-0.25, -0.2) is 8.42 Å². The lowest BCUT2D eigenvalue weighted by atomic mass is 10.0. The van der Waals surface area contributed by atoms with Gasteiger partial charge in [-0.1, -0.05) is 54.1 Å². The number of hydrogen-bond acceptors (Lipinski definition) is 3. The molecule has 0 bridgehead atoms. The first-order chi connectivity index (χ1) is 15.8. The first-order valence-corrected chi connectivity index (χ1v) is 12.8. The van der Waals surface area contributed by atoms with Crippen molar-refractivity contribution in [3.05, 3.63) is 94.0 Å². The summed E-state index contributed by atoms with van der Waals surface area (Å²) >= 11 is 6.18. The highest BCUT2D eigenvalue weighted by Crippen LogP contribution is 2.30. The predicted molar refractivity (Wildman–Crippen MR) is 132 cm³/mol. The van der Waals surface area contributed by atoms with Crippen LogP contribution in [0.1, 0.15) is 41.6 Å². The standard InChI is InChI=1S/C26H27ClN2O3S/c1-18-11-14-23(27)16-25(18)29(33(31,32)24-9-4-3-5-10-24)17-26(30)28-19(2)21-13-12-20-7-6-8-22(20)15-21/h3-5,9-16,19H,6-8,17H2,1-2H3,(H,28,30). The minimum atomic E-state index is -3.98. The summed E-state index contributed by atoms with van der Waals surface area (Å²) < 4.78 is 28.2. The summed E-state index contributed by atoms with van der Waals surface area (Å²) in [6.45, 7) is 3.35. The van der Waals surface area contributed by atoms with Crippen LogP contribution in [0.15, 0.2) is 71.6 Å². The third-order valence-corrected chi connectivity index (χ3v) is 8.07. The summed E-state index contributed by atoms with van der Waals surface area (Å²) in [7, 11) is -3.98. The van der Waals surface area contributed by atoms with Crippen molar-refractivity contribution in [3.8, 4) is 0 Å². The van der Waals surface area contributed by atoms with E-state index in [1.807, 2.05) is 13.0 Å². The molecule has 0 spiro atoms. The highest BCUT2D eigenvalue weighted by molar-refractivity contribution is 7.92. The Morgan fingerprint density at radius 1 is 1.03 bits per heavy atom. The second-order valence-electron chi connectivity index (χ2n) is 8.43. The molecule has 3 aromatic rings. The number of sulfonamides is 1. The number of nitrogens with one attached hydrogen (secondary N) is 1. The lowest BCUT2D eigenvalue weighted by molar-refractivity contribution is -0.120. The Kier molecular flexibility index (Phi) is 6.77. The number of hydrogen-bond donors (Lipinski definition) is 1. The molecule has 1 atom stereocenters. The van der Waals surface area contributed by atoms with Crippen molar-refractivity contribution >= 4 is 33.2 Å². The molecule has 0 saturated carbocycles. The lowest BCUT2D eigenvalue weighted by Crippen LogP contribution is -2.42. The van der Waals surface area contributed by atoms with E-state index >= 15 is 0 Å². The second kappa shape index (κ2) is 9.57. The van der Waals surface area contributed by atoms with Gasteiger partial charge < -0.3 is 5.32 Å². The summed E-state index contributed by atoms with van der Waals surface area (Å²) in [6.07, 6.45) is 3.31. The third-order valence-electron chi connectivity index (χ3n) is 6.06. The molecule has 0 radical (unpaired) electrons. The average molecular weight is 483 g/mol. The second-order valence-corrected chi connectivity index (χ2v) is 10.7. The molecule has 1 N–H and O–H groups in total. The van der Waals surface area contributed by atoms with Gasteiger partial charge in [0.05, 0.1) is 16.6 Å². The topological polar surface area (TPSA) is 66.5 Å². The minimum Gasteiger partial charge on any atom is -0.348 e. The van der Waals surface area contributed by atoms with Crippen LogP contribution in [0.5, 0.6) is 0 Å². The van der Waals surface area contributed by atoms with Crippen molar-refractivity contribution in [1.29, 1.82) is 0 Å². The van der Waals surface area contributed by atoms with Crippen LogP contribution in [-0.2, 0) is 27.7 Å². The number of halogens is 1. The zero-order chi connectivity index (χ0) is 23.6. The van der Waals surface area contributed by atoms with Gasteiger partial charge in [-0.15, -0.1) is 0 Å². The monoisotopic (exact) mass is 482 g/mol. The Hall–Kier alpha value is -2.83. The Balaban J connectivity index is 1.61. The maximum absolute atomic E-state index is 13.5. The first-order valence-electron chi connectivity index (χ1n) is 11.0. The highest BCUT2D eigenvalue weighted by Gasteiger charge is 2.29. The maximum atomic E-state index is 13.5. The largest absolute Gasteiger partial charge is 0.348 e. The molecule has 0 fully saturated rings. The number of anilines is 1. The van der Waals surface area contributed by atoms with Crippen molar-refractivity contribution in [2.75, 3.05) is 10.8 Å². The number of amides is 1. The molecule has 0 aliphatic heterocycles. The summed E-state index contributed by atoms with van der Waals surface area (Å²) in [6, 6.07) is 19.2. The fourth-order valence-electron chi connectivity index (χ4n) is 4.23. The lowest BCUT2D eigenvalue weighted by Gasteiger charge is -2.26. The predicted octanol–water partition coefficient (Wildman–Crippen LogP) is 5.21. The third kappa shape index (κ3) is 5.07. The molecule has 0 saturated heterocycles. The smallest absolute Gasteiger partial charge is 0.264 e. The Morgan fingerprint density at radius 3 is 2.52 bits per heavy atom.